The first-order valence-corrected chi connectivity index (χ1v) is 3.81. The molecule has 1 rings (SSSR count). The van der Waals surface area contributed by atoms with Gasteiger partial charge in [-0.25, -0.2) is 0 Å². The van der Waals surface area contributed by atoms with Crippen molar-refractivity contribution in [1.82, 2.24) is 5.32 Å². The van der Waals surface area contributed by atoms with E-state index in [4.69, 9.17) is 4.74 Å². The Kier molecular flexibility index (Phi) is 2.84. The van der Waals surface area contributed by atoms with Gasteiger partial charge in [0.1, 0.15) is 0 Å². The number of β-amino-alcohol motifs (C(OH)–C–C–N with tert-alkyl or cyclic N) is 1. The molecule has 0 aliphatic carbocycles. The van der Waals surface area contributed by atoms with Crippen molar-refractivity contribution in [2.24, 2.45) is 5.92 Å². The fourth-order valence-corrected chi connectivity index (χ4v) is 1.15. The smallest absolute Gasteiger partial charge is 0.312 e. The molecule has 4 heteroatoms. The van der Waals surface area contributed by atoms with Crippen LogP contribution in [0.3, 0.4) is 0 Å². The highest BCUT2D eigenvalue weighted by Crippen LogP contribution is 2.10. The summed E-state index contributed by atoms with van der Waals surface area (Å²) in [6, 6.07) is 0. The van der Waals surface area contributed by atoms with E-state index in [9.17, 15) is 9.90 Å². The summed E-state index contributed by atoms with van der Waals surface area (Å²) < 4.78 is 4.76. The molecule has 0 radical (unpaired) electrons. The molecule has 0 bridgehead atoms. The lowest BCUT2D eigenvalue weighted by Gasteiger charge is -2.10. The molecule has 1 aliphatic heterocycles. The van der Waals surface area contributed by atoms with Crippen molar-refractivity contribution in [2.75, 3.05) is 19.7 Å². The van der Waals surface area contributed by atoms with Gasteiger partial charge in [0.2, 0.25) is 0 Å². The number of rotatable bonds is 2. The second kappa shape index (κ2) is 3.69. The molecule has 0 amide bonds. The largest absolute Gasteiger partial charge is 0.466 e. The third-order valence-corrected chi connectivity index (χ3v) is 1.77. The van der Waals surface area contributed by atoms with Crippen molar-refractivity contribution in [1.29, 1.82) is 0 Å². The first kappa shape index (κ1) is 8.49. The van der Waals surface area contributed by atoms with Crippen LogP contribution in [0.15, 0.2) is 0 Å². The van der Waals surface area contributed by atoms with E-state index in [-0.39, 0.29) is 11.9 Å². The highest BCUT2D eigenvalue weighted by molar-refractivity contribution is 5.73. The first-order chi connectivity index (χ1) is 5.25. The van der Waals surface area contributed by atoms with E-state index in [1.807, 2.05) is 0 Å². The van der Waals surface area contributed by atoms with E-state index in [0.717, 1.165) is 0 Å². The fourth-order valence-electron chi connectivity index (χ4n) is 1.15. The van der Waals surface area contributed by atoms with Crippen molar-refractivity contribution in [2.45, 2.75) is 13.0 Å². The van der Waals surface area contributed by atoms with Crippen LogP contribution in [-0.4, -0.2) is 36.9 Å². The minimum atomic E-state index is -0.575. The molecule has 2 atom stereocenters. The Labute approximate surface area is 65.5 Å². The lowest BCUT2D eigenvalue weighted by atomic mass is 10.1. The summed E-state index contributed by atoms with van der Waals surface area (Å²) in [7, 11) is 0. The maximum absolute atomic E-state index is 11.0. The van der Waals surface area contributed by atoms with Crippen LogP contribution in [0.1, 0.15) is 6.92 Å². The van der Waals surface area contributed by atoms with Crippen LogP contribution in [0.2, 0.25) is 0 Å². The Hall–Kier alpha value is -0.610. The van der Waals surface area contributed by atoms with Crippen LogP contribution in [0.5, 0.6) is 0 Å². The zero-order chi connectivity index (χ0) is 8.27. The number of esters is 1. The molecule has 0 spiro atoms. The van der Waals surface area contributed by atoms with E-state index in [0.29, 0.717) is 19.7 Å². The molecule has 0 aromatic carbocycles. The molecule has 1 saturated heterocycles. The molecular formula is C7H13NO3. The van der Waals surface area contributed by atoms with E-state index in [2.05, 4.69) is 5.32 Å². The number of nitrogens with one attached hydrogen (secondary N) is 1. The third kappa shape index (κ3) is 1.91. The monoisotopic (exact) mass is 159 g/mol. The Morgan fingerprint density at radius 3 is 2.91 bits per heavy atom. The van der Waals surface area contributed by atoms with E-state index in [1.54, 1.807) is 6.92 Å². The predicted octanol–water partition coefficient (Wildman–Crippen LogP) is -0.870. The quantitative estimate of drug-likeness (QED) is 0.514. The molecular weight excluding hydrogens is 146 g/mol. The van der Waals surface area contributed by atoms with Gasteiger partial charge in [0.15, 0.2) is 0 Å². The Morgan fingerprint density at radius 1 is 1.73 bits per heavy atom. The minimum absolute atomic E-state index is 0.301. The van der Waals surface area contributed by atoms with E-state index >= 15 is 0 Å². The fraction of sp³-hybridized carbons (Fsp3) is 0.857. The number of aliphatic hydroxyl groups excluding tert-OH is 1. The van der Waals surface area contributed by atoms with Gasteiger partial charge in [-0.1, -0.05) is 0 Å². The average Bonchev–Trinajstić information content (AvgIpc) is 2.36. The molecule has 0 unspecified atom stereocenters. The SMILES string of the molecule is CCOC(=O)[C@H]1CNC[C@H]1O. The number of hydrogen-bond donors (Lipinski definition) is 2. The average molecular weight is 159 g/mol. The predicted molar refractivity (Wildman–Crippen MR) is 39.0 cm³/mol. The summed E-state index contributed by atoms with van der Waals surface area (Å²) in [5, 5.41) is 12.1. The molecule has 2 N–H and O–H groups in total. The van der Waals surface area contributed by atoms with Crippen LogP contribution in [0, 0.1) is 5.92 Å². The van der Waals surface area contributed by atoms with Crippen molar-refractivity contribution in [3.63, 3.8) is 0 Å². The van der Waals surface area contributed by atoms with Gasteiger partial charge in [0.25, 0.3) is 0 Å². The summed E-state index contributed by atoms with van der Waals surface area (Å²) in [5.41, 5.74) is 0. The summed E-state index contributed by atoms with van der Waals surface area (Å²) >= 11 is 0. The highest BCUT2D eigenvalue weighted by atomic mass is 16.5. The molecule has 0 aromatic rings. The van der Waals surface area contributed by atoms with Crippen LogP contribution < -0.4 is 5.32 Å². The second-order valence-electron chi connectivity index (χ2n) is 2.58. The number of hydrogen-bond acceptors (Lipinski definition) is 4. The summed E-state index contributed by atoms with van der Waals surface area (Å²) in [6.45, 7) is 3.15. The zero-order valence-corrected chi connectivity index (χ0v) is 6.54. The van der Waals surface area contributed by atoms with Crippen LogP contribution >= 0.6 is 0 Å². The van der Waals surface area contributed by atoms with E-state index < -0.39 is 6.10 Å². The van der Waals surface area contributed by atoms with Crippen molar-refractivity contribution in [3.05, 3.63) is 0 Å². The highest BCUT2D eigenvalue weighted by Gasteiger charge is 2.32. The Morgan fingerprint density at radius 2 is 2.45 bits per heavy atom. The van der Waals surface area contributed by atoms with E-state index in [1.165, 1.54) is 0 Å². The van der Waals surface area contributed by atoms with Gasteiger partial charge in [-0.2, -0.15) is 0 Å². The van der Waals surface area contributed by atoms with Crippen LogP contribution in [0.4, 0.5) is 0 Å². The molecule has 1 aliphatic rings. The van der Waals surface area contributed by atoms with Crippen molar-refractivity contribution < 1.29 is 14.6 Å². The van der Waals surface area contributed by atoms with Gasteiger partial charge < -0.3 is 15.2 Å². The summed E-state index contributed by atoms with van der Waals surface area (Å²) in [6.07, 6.45) is -0.575. The second-order valence-corrected chi connectivity index (χ2v) is 2.58. The summed E-state index contributed by atoms with van der Waals surface area (Å²) in [4.78, 5) is 11.0. The molecule has 1 fully saturated rings. The topological polar surface area (TPSA) is 58.6 Å². The maximum Gasteiger partial charge on any atom is 0.312 e. The van der Waals surface area contributed by atoms with Crippen LogP contribution in [0.25, 0.3) is 0 Å². The third-order valence-electron chi connectivity index (χ3n) is 1.77. The van der Waals surface area contributed by atoms with Gasteiger partial charge in [-0.05, 0) is 6.92 Å². The number of ether oxygens (including phenoxy) is 1. The maximum atomic E-state index is 11.0. The van der Waals surface area contributed by atoms with Gasteiger partial charge in [0, 0.05) is 13.1 Å². The molecule has 4 nitrogen and oxygen atoms in total. The van der Waals surface area contributed by atoms with Crippen molar-refractivity contribution in [3.8, 4) is 0 Å². The molecule has 0 aromatic heterocycles. The van der Waals surface area contributed by atoms with Gasteiger partial charge in [0.05, 0.1) is 18.6 Å². The Balaban J connectivity index is 2.39. The molecule has 11 heavy (non-hydrogen) atoms. The number of carbonyl (C=O) groups excluding carboxylic acids is 1. The number of carbonyl (C=O) groups is 1. The van der Waals surface area contributed by atoms with Crippen LogP contribution in [-0.2, 0) is 9.53 Å². The molecule has 64 valence electrons. The Bertz CT molecular complexity index is 149. The lowest BCUT2D eigenvalue weighted by Crippen LogP contribution is -2.28. The van der Waals surface area contributed by atoms with Gasteiger partial charge >= 0.3 is 5.97 Å². The standard InChI is InChI=1S/C7H13NO3/c1-2-11-7(10)5-3-8-4-6(5)9/h5-6,8-9H,2-4H2,1H3/t5-,6+/m0/s1. The van der Waals surface area contributed by atoms with Crippen molar-refractivity contribution >= 4 is 5.97 Å². The van der Waals surface area contributed by atoms with Gasteiger partial charge in [-0.15, -0.1) is 0 Å². The zero-order valence-electron chi connectivity index (χ0n) is 6.54. The molecule has 0 saturated carbocycles. The van der Waals surface area contributed by atoms with Gasteiger partial charge in [-0.3, -0.25) is 4.79 Å². The lowest BCUT2D eigenvalue weighted by molar-refractivity contribution is -0.150. The minimum Gasteiger partial charge on any atom is -0.466 e. The molecule has 1 heterocycles. The number of aliphatic hydroxyl groups is 1. The first-order valence-electron chi connectivity index (χ1n) is 3.81. The summed E-state index contributed by atoms with van der Waals surface area (Å²) in [5.74, 6) is -0.667. The normalized spacial score (nSPS) is 30.4.